The first kappa shape index (κ1) is 16.5. The Balaban J connectivity index is 1.84. The molecule has 1 fully saturated rings. The van der Waals surface area contributed by atoms with Crippen molar-refractivity contribution in [1.82, 2.24) is 19.5 Å². The fraction of sp³-hybridized carbons (Fsp3) is 0.500. The van der Waals surface area contributed by atoms with Crippen LogP contribution in [0.25, 0.3) is 11.2 Å². The highest BCUT2D eigenvalue weighted by molar-refractivity contribution is 8.05. The highest BCUT2D eigenvalue weighted by atomic mass is 32.5. The summed E-state index contributed by atoms with van der Waals surface area (Å²) in [7, 11) is 0. The second kappa shape index (κ2) is 5.91. The van der Waals surface area contributed by atoms with Crippen molar-refractivity contribution in [2.75, 3.05) is 12.3 Å². The predicted octanol–water partition coefficient (Wildman–Crippen LogP) is -2.69. The van der Waals surface area contributed by atoms with Crippen LogP contribution in [0.5, 0.6) is 0 Å². The van der Waals surface area contributed by atoms with Crippen molar-refractivity contribution in [3.8, 4) is 0 Å². The van der Waals surface area contributed by atoms with E-state index in [0.29, 0.717) is 0 Å². The van der Waals surface area contributed by atoms with E-state index in [1.807, 2.05) is 0 Å². The maximum absolute atomic E-state index is 11.7. The lowest BCUT2D eigenvalue weighted by molar-refractivity contribution is -0.322. The number of nitrogens with one attached hydrogen (secondary N) is 1. The van der Waals surface area contributed by atoms with E-state index in [1.165, 1.54) is 10.9 Å². The number of aliphatic hydroxyl groups is 1. The minimum Gasteiger partial charge on any atom is -0.812 e. The fourth-order valence-corrected chi connectivity index (χ4v) is 2.87. The lowest BCUT2D eigenvalue weighted by atomic mass is 10.2. The van der Waals surface area contributed by atoms with Gasteiger partial charge in [0.15, 0.2) is 11.2 Å². The third-order valence-electron chi connectivity index (χ3n) is 3.36. The van der Waals surface area contributed by atoms with Gasteiger partial charge in [-0.25, -0.2) is 4.98 Å². The molecule has 2 aromatic heterocycles. The average Bonchev–Trinajstić information content (AvgIpc) is 2.99. The number of nitrogens with two attached hydrogens (primary N) is 1. The first-order chi connectivity index (χ1) is 10.7. The number of hydrogen-bond acceptors (Lipinski definition) is 10. The second-order valence-corrected chi connectivity index (χ2v) is 7.44. The lowest BCUT2D eigenvalue weighted by Crippen LogP contribution is -2.28. The van der Waals surface area contributed by atoms with Crippen LogP contribution in [0.2, 0.25) is 0 Å². The average molecular weight is 361 g/mol. The van der Waals surface area contributed by atoms with E-state index < -0.39 is 37.3 Å². The maximum Gasteiger partial charge on any atom is 0.280 e. The molecular formula is C10H12N5O6PS-2. The Labute approximate surface area is 134 Å². The maximum atomic E-state index is 11.7. The molecule has 4 N–H and O–H groups in total. The number of imidazole rings is 1. The number of nitrogens with zero attached hydrogens (tertiary/aromatic N) is 3. The quantitative estimate of drug-likeness (QED) is 0.486. The van der Waals surface area contributed by atoms with Crippen molar-refractivity contribution in [1.29, 1.82) is 0 Å². The molecule has 0 aromatic carbocycles. The van der Waals surface area contributed by atoms with E-state index in [0.717, 1.165) is 0 Å². The Morgan fingerprint density at radius 1 is 1.65 bits per heavy atom. The molecule has 13 heteroatoms. The SMILES string of the molecule is Nc1nc2c(ncn2[C@H]2C[C@H](O)[C@@H](COP([O-])([O-])=S)O2)c(=O)[nH]1. The molecule has 1 aliphatic heterocycles. The van der Waals surface area contributed by atoms with Gasteiger partial charge < -0.3 is 29.9 Å². The summed E-state index contributed by atoms with van der Waals surface area (Å²) in [4.78, 5) is 43.7. The predicted molar refractivity (Wildman–Crippen MR) is 77.3 cm³/mol. The molecule has 0 radical (unpaired) electrons. The van der Waals surface area contributed by atoms with Gasteiger partial charge in [0, 0.05) is 6.42 Å². The van der Waals surface area contributed by atoms with Gasteiger partial charge in [-0.1, -0.05) is 6.72 Å². The minimum atomic E-state index is -4.33. The van der Waals surface area contributed by atoms with Crippen LogP contribution < -0.4 is 21.1 Å². The van der Waals surface area contributed by atoms with E-state index in [4.69, 9.17) is 10.5 Å². The van der Waals surface area contributed by atoms with Gasteiger partial charge in [-0.2, -0.15) is 4.98 Å². The first-order valence-electron chi connectivity index (χ1n) is 6.47. The summed E-state index contributed by atoms with van der Waals surface area (Å²) in [6, 6.07) is 0. The van der Waals surface area contributed by atoms with Gasteiger partial charge in [0.1, 0.15) is 12.3 Å². The standard InChI is InChI=1S/C10H14N5O6PS/c11-10-13-8-7(9(17)14-10)12-3-15(8)6-1-4(16)5(21-6)2-20-22(18,19)23/h3-6,16H,1-2H2,(H2,18,19,23)(H3,11,13,14,17)/p-2/t4-,5+,6+/m0/s1. The van der Waals surface area contributed by atoms with Gasteiger partial charge in [0.05, 0.1) is 19.0 Å². The number of aliphatic hydroxyl groups excluding tert-OH is 1. The Bertz CT molecular complexity index is 833. The molecule has 0 aliphatic carbocycles. The van der Waals surface area contributed by atoms with Crippen LogP contribution >= 0.6 is 6.72 Å². The summed E-state index contributed by atoms with van der Waals surface area (Å²) < 4.78 is 11.5. The number of aromatic nitrogens is 4. The fourth-order valence-electron chi connectivity index (χ4n) is 2.35. The van der Waals surface area contributed by atoms with Crippen LogP contribution in [-0.4, -0.2) is 43.4 Å². The van der Waals surface area contributed by atoms with Crippen molar-refractivity contribution < 1.29 is 24.2 Å². The van der Waals surface area contributed by atoms with Gasteiger partial charge in [0.25, 0.3) is 5.56 Å². The number of aromatic amines is 1. The molecular weight excluding hydrogens is 349 g/mol. The topological polar surface area (TPSA) is 174 Å². The number of hydrogen-bond donors (Lipinski definition) is 3. The number of ether oxygens (including phenoxy) is 1. The molecule has 126 valence electrons. The van der Waals surface area contributed by atoms with Gasteiger partial charge >= 0.3 is 0 Å². The molecule has 3 atom stereocenters. The number of anilines is 1. The van der Waals surface area contributed by atoms with E-state index in [2.05, 4.69) is 31.3 Å². The van der Waals surface area contributed by atoms with E-state index in [9.17, 15) is 19.7 Å². The van der Waals surface area contributed by atoms with E-state index >= 15 is 0 Å². The van der Waals surface area contributed by atoms with Crippen LogP contribution in [0.3, 0.4) is 0 Å². The summed E-state index contributed by atoms with van der Waals surface area (Å²) in [6.45, 7) is -4.73. The monoisotopic (exact) mass is 361 g/mol. The molecule has 0 saturated carbocycles. The molecule has 0 spiro atoms. The summed E-state index contributed by atoms with van der Waals surface area (Å²) in [6.07, 6.45) is -1.10. The first-order valence-corrected chi connectivity index (χ1v) is 9.02. The smallest absolute Gasteiger partial charge is 0.280 e. The summed E-state index contributed by atoms with van der Waals surface area (Å²) >= 11 is 4.12. The van der Waals surface area contributed by atoms with Crippen LogP contribution in [0, 0.1) is 0 Å². The molecule has 0 amide bonds. The molecule has 3 rings (SSSR count). The summed E-state index contributed by atoms with van der Waals surface area (Å²) in [5, 5.41) is 9.96. The van der Waals surface area contributed by atoms with Crippen molar-refractivity contribution in [2.24, 2.45) is 0 Å². The normalized spacial score (nSPS) is 25.3. The van der Waals surface area contributed by atoms with Crippen molar-refractivity contribution in [3.05, 3.63) is 16.7 Å². The van der Waals surface area contributed by atoms with Crippen LogP contribution in [0.15, 0.2) is 11.1 Å². The molecule has 0 unspecified atom stereocenters. The Morgan fingerprint density at radius 2 is 2.39 bits per heavy atom. The molecule has 1 saturated heterocycles. The number of H-pyrrole nitrogens is 1. The van der Waals surface area contributed by atoms with E-state index in [-0.39, 0.29) is 23.5 Å². The third kappa shape index (κ3) is 3.43. The summed E-state index contributed by atoms with van der Waals surface area (Å²) in [5.41, 5.74) is 5.28. The van der Waals surface area contributed by atoms with Crippen LogP contribution in [0.1, 0.15) is 12.6 Å². The van der Waals surface area contributed by atoms with Gasteiger partial charge in [0.2, 0.25) is 5.95 Å². The molecule has 11 nitrogen and oxygen atoms in total. The number of rotatable bonds is 4. The van der Waals surface area contributed by atoms with Gasteiger partial charge in [-0.05, 0) is 0 Å². The molecule has 1 aliphatic rings. The van der Waals surface area contributed by atoms with Crippen molar-refractivity contribution >= 4 is 35.6 Å². The third-order valence-corrected chi connectivity index (χ3v) is 4.14. The zero-order chi connectivity index (χ0) is 16.8. The van der Waals surface area contributed by atoms with Gasteiger partial charge in [-0.15, -0.1) is 11.8 Å². The Hall–Kier alpha value is -1.40. The molecule has 23 heavy (non-hydrogen) atoms. The highest BCUT2D eigenvalue weighted by Crippen LogP contribution is 2.33. The molecule has 0 bridgehead atoms. The molecule has 3 heterocycles. The summed E-state index contributed by atoms with van der Waals surface area (Å²) in [5.74, 6) is -0.0823. The minimum absolute atomic E-state index is 0.0756. The van der Waals surface area contributed by atoms with Crippen molar-refractivity contribution in [3.63, 3.8) is 0 Å². The van der Waals surface area contributed by atoms with Crippen molar-refractivity contribution in [2.45, 2.75) is 24.9 Å². The highest BCUT2D eigenvalue weighted by Gasteiger charge is 2.36. The molecule has 2 aromatic rings. The Morgan fingerprint density at radius 3 is 3.09 bits per heavy atom. The number of fused-ring (bicyclic) bond motifs is 1. The van der Waals surface area contributed by atoms with Crippen LogP contribution in [-0.2, 0) is 21.1 Å². The number of nitrogen functional groups attached to an aromatic ring is 1. The zero-order valence-corrected chi connectivity index (χ0v) is 13.2. The lowest BCUT2D eigenvalue weighted by Gasteiger charge is -2.35. The zero-order valence-electron chi connectivity index (χ0n) is 11.5. The van der Waals surface area contributed by atoms with Gasteiger partial charge in [-0.3, -0.25) is 14.3 Å². The largest absolute Gasteiger partial charge is 0.812 e. The van der Waals surface area contributed by atoms with E-state index in [1.54, 1.807) is 0 Å². The Kier molecular flexibility index (Phi) is 4.23. The van der Waals surface area contributed by atoms with Crippen LogP contribution in [0.4, 0.5) is 5.95 Å². The second-order valence-electron chi connectivity index (χ2n) is 4.95.